The summed E-state index contributed by atoms with van der Waals surface area (Å²) in [6.45, 7) is 4.73. The predicted molar refractivity (Wildman–Crippen MR) is 194 cm³/mol. The Labute approximate surface area is 269 Å². The standard InChI is InChI=1S/C45H33F/c1-45(2)41-14-8-7-11-35(41)39-27-33(20-24-42(39)45)44-37-13-6-5-12-36(37)43(29-17-21-34(46)22-18-29)38-23-19-32(26-40(38)44)31-16-15-28-9-3-4-10-30(28)25-31/h3-6,8-10,12-27H,7,11H2,1-2H3. The van der Waals surface area contributed by atoms with Crippen molar-refractivity contribution >= 4 is 37.9 Å². The van der Waals surface area contributed by atoms with E-state index in [1.54, 1.807) is 12.1 Å². The van der Waals surface area contributed by atoms with Crippen LogP contribution in [-0.4, -0.2) is 0 Å². The van der Waals surface area contributed by atoms with Gasteiger partial charge < -0.3 is 0 Å². The molecule has 0 N–H and O–H groups in total. The van der Waals surface area contributed by atoms with Crippen LogP contribution in [-0.2, 0) is 5.41 Å². The zero-order valence-electron chi connectivity index (χ0n) is 26.1. The average Bonchev–Trinajstić information content (AvgIpc) is 3.33. The molecule has 0 spiro atoms. The SMILES string of the molecule is CC1(C)C2=C(CCC=C2)c2cc(-c3c4ccccc4c(-c4ccc(F)cc4)c4ccc(-c5ccc6ccccc6c5)cc34)ccc21. The van der Waals surface area contributed by atoms with Crippen LogP contribution in [0.15, 0.2) is 145 Å². The van der Waals surface area contributed by atoms with E-state index < -0.39 is 0 Å². The number of fused-ring (bicyclic) bond motifs is 5. The van der Waals surface area contributed by atoms with E-state index in [2.05, 4.69) is 129 Å². The Morgan fingerprint density at radius 2 is 1.17 bits per heavy atom. The average molecular weight is 593 g/mol. The molecule has 0 heterocycles. The Morgan fingerprint density at radius 1 is 0.543 bits per heavy atom. The summed E-state index contributed by atoms with van der Waals surface area (Å²) in [6, 6.07) is 45.0. The fourth-order valence-corrected chi connectivity index (χ4v) is 8.13. The van der Waals surface area contributed by atoms with Gasteiger partial charge in [0, 0.05) is 5.41 Å². The van der Waals surface area contributed by atoms with Crippen LogP contribution in [0.25, 0.3) is 71.3 Å². The second-order valence-corrected chi connectivity index (χ2v) is 13.3. The molecular weight excluding hydrogens is 559 g/mol. The molecule has 0 saturated heterocycles. The van der Waals surface area contributed by atoms with Crippen molar-refractivity contribution in [2.24, 2.45) is 0 Å². The quantitative estimate of drug-likeness (QED) is 0.179. The molecule has 1 heteroatoms. The second kappa shape index (κ2) is 10.1. The van der Waals surface area contributed by atoms with Gasteiger partial charge in [-0.15, -0.1) is 0 Å². The lowest BCUT2D eigenvalue weighted by molar-refractivity contribution is 0.628. The molecule has 0 unspecified atom stereocenters. The summed E-state index contributed by atoms with van der Waals surface area (Å²) in [5, 5.41) is 7.24. The van der Waals surface area contributed by atoms with Gasteiger partial charge in [0.2, 0.25) is 0 Å². The molecule has 0 saturated carbocycles. The van der Waals surface area contributed by atoms with Crippen molar-refractivity contribution in [3.05, 3.63) is 162 Å². The summed E-state index contributed by atoms with van der Waals surface area (Å²) in [6.07, 6.45) is 6.86. The Hall–Kier alpha value is -5.27. The van der Waals surface area contributed by atoms with Crippen molar-refractivity contribution in [2.45, 2.75) is 32.1 Å². The first-order valence-corrected chi connectivity index (χ1v) is 16.3. The molecule has 0 fully saturated rings. The summed E-state index contributed by atoms with van der Waals surface area (Å²) in [7, 11) is 0. The third-order valence-electron chi connectivity index (χ3n) is 10.4. The third-order valence-corrected chi connectivity index (χ3v) is 10.4. The molecule has 2 aliphatic rings. The van der Waals surface area contributed by atoms with E-state index in [0.29, 0.717) is 0 Å². The molecule has 9 rings (SSSR count). The Balaban J connectivity index is 1.36. The summed E-state index contributed by atoms with van der Waals surface area (Å²) < 4.78 is 14.1. The molecule has 46 heavy (non-hydrogen) atoms. The van der Waals surface area contributed by atoms with E-state index in [-0.39, 0.29) is 11.2 Å². The summed E-state index contributed by atoms with van der Waals surface area (Å²) in [4.78, 5) is 0. The van der Waals surface area contributed by atoms with Crippen molar-refractivity contribution < 1.29 is 4.39 Å². The van der Waals surface area contributed by atoms with Crippen molar-refractivity contribution in [1.29, 1.82) is 0 Å². The van der Waals surface area contributed by atoms with Gasteiger partial charge in [-0.25, -0.2) is 4.39 Å². The first kappa shape index (κ1) is 27.1. The molecule has 0 radical (unpaired) electrons. The maximum Gasteiger partial charge on any atom is 0.123 e. The van der Waals surface area contributed by atoms with Crippen LogP contribution in [0, 0.1) is 5.82 Å². The maximum atomic E-state index is 14.1. The number of hydrogen-bond acceptors (Lipinski definition) is 0. The Morgan fingerprint density at radius 3 is 1.98 bits per heavy atom. The molecule has 0 aliphatic heterocycles. The van der Waals surface area contributed by atoms with Crippen LogP contribution in [0.3, 0.4) is 0 Å². The lowest BCUT2D eigenvalue weighted by atomic mass is 9.79. The minimum absolute atomic E-state index is 0.0000536. The van der Waals surface area contributed by atoms with Crippen LogP contribution >= 0.6 is 0 Å². The summed E-state index contributed by atoms with van der Waals surface area (Å²) in [5.74, 6) is -0.222. The zero-order chi connectivity index (χ0) is 31.0. The van der Waals surface area contributed by atoms with E-state index in [1.807, 2.05) is 12.1 Å². The fraction of sp³-hybridized carbons (Fsp3) is 0.111. The van der Waals surface area contributed by atoms with Crippen LogP contribution in [0.2, 0.25) is 0 Å². The first-order chi connectivity index (χ1) is 22.5. The minimum atomic E-state index is -0.222. The summed E-state index contributed by atoms with van der Waals surface area (Å²) >= 11 is 0. The predicted octanol–water partition coefficient (Wildman–Crippen LogP) is 12.7. The minimum Gasteiger partial charge on any atom is -0.207 e. The van der Waals surface area contributed by atoms with Crippen molar-refractivity contribution in [2.75, 3.05) is 0 Å². The van der Waals surface area contributed by atoms with Gasteiger partial charge in [-0.05, 0) is 131 Å². The Kier molecular flexibility index (Phi) is 5.96. The number of halogens is 1. The lowest BCUT2D eigenvalue weighted by Crippen LogP contribution is -2.16. The fourth-order valence-electron chi connectivity index (χ4n) is 8.13. The number of allylic oxidation sites excluding steroid dienone is 4. The van der Waals surface area contributed by atoms with Gasteiger partial charge in [-0.2, -0.15) is 0 Å². The monoisotopic (exact) mass is 592 g/mol. The molecule has 7 aromatic rings. The van der Waals surface area contributed by atoms with Gasteiger partial charge in [-0.3, -0.25) is 0 Å². The largest absolute Gasteiger partial charge is 0.207 e. The van der Waals surface area contributed by atoms with Gasteiger partial charge in [-0.1, -0.05) is 123 Å². The zero-order valence-corrected chi connectivity index (χ0v) is 26.1. The molecule has 0 bridgehead atoms. The van der Waals surface area contributed by atoms with Crippen molar-refractivity contribution in [1.82, 2.24) is 0 Å². The first-order valence-electron chi connectivity index (χ1n) is 16.3. The van der Waals surface area contributed by atoms with E-state index >= 15 is 0 Å². The van der Waals surface area contributed by atoms with Gasteiger partial charge >= 0.3 is 0 Å². The highest BCUT2D eigenvalue weighted by Crippen LogP contribution is 2.52. The van der Waals surface area contributed by atoms with Gasteiger partial charge in [0.25, 0.3) is 0 Å². The van der Waals surface area contributed by atoms with E-state index in [1.165, 1.54) is 76.8 Å². The molecular formula is C45H33F. The maximum absolute atomic E-state index is 14.1. The smallest absolute Gasteiger partial charge is 0.123 e. The molecule has 220 valence electrons. The summed E-state index contributed by atoms with van der Waals surface area (Å²) in [5.41, 5.74) is 12.8. The van der Waals surface area contributed by atoms with Crippen LogP contribution < -0.4 is 0 Å². The molecule has 7 aromatic carbocycles. The second-order valence-electron chi connectivity index (χ2n) is 13.3. The van der Waals surface area contributed by atoms with E-state index in [4.69, 9.17) is 0 Å². The Bertz CT molecular complexity index is 2440. The molecule has 0 nitrogen and oxygen atoms in total. The number of benzene rings is 7. The molecule has 2 aliphatic carbocycles. The van der Waals surface area contributed by atoms with Crippen LogP contribution in [0.5, 0.6) is 0 Å². The van der Waals surface area contributed by atoms with Crippen LogP contribution in [0.4, 0.5) is 4.39 Å². The highest BCUT2D eigenvalue weighted by molar-refractivity contribution is 6.22. The molecule has 0 amide bonds. The van der Waals surface area contributed by atoms with Crippen molar-refractivity contribution in [3.8, 4) is 33.4 Å². The molecule has 0 atom stereocenters. The third kappa shape index (κ3) is 4.05. The van der Waals surface area contributed by atoms with Gasteiger partial charge in [0.05, 0.1) is 0 Å². The highest BCUT2D eigenvalue weighted by Gasteiger charge is 2.37. The lowest BCUT2D eigenvalue weighted by Gasteiger charge is -2.24. The normalized spacial score (nSPS) is 15.1. The molecule has 0 aromatic heterocycles. The van der Waals surface area contributed by atoms with Gasteiger partial charge in [0.1, 0.15) is 5.82 Å². The number of hydrogen-bond donors (Lipinski definition) is 0. The van der Waals surface area contributed by atoms with Crippen LogP contribution in [0.1, 0.15) is 37.8 Å². The number of rotatable bonds is 3. The van der Waals surface area contributed by atoms with Crippen molar-refractivity contribution in [3.63, 3.8) is 0 Å². The van der Waals surface area contributed by atoms with Gasteiger partial charge in [0.15, 0.2) is 0 Å². The topological polar surface area (TPSA) is 0 Å². The highest BCUT2D eigenvalue weighted by atomic mass is 19.1. The van der Waals surface area contributed by atoms with E-state index in [0.717, 1.165) is 24.0 Å². The van der Waals surface area contributed by atoms with E-state index in [9.17, 15) is 4.39 Å².